The minimum absolute atomic E-state index is 0.104. The number of nitrogens with one attached hydrogen (secondary N) is 1. The van der Waals surface area contributed by atoms with Crippen LogP contribution >= 0.6 is 34.4 Å². The van der Waals surface area contributed by atoms with E-state index in [1.165, 1.54) is 40.5 Å². The first kappa shape index (κ1) is 28.8. The second-order valence-corrected chi connectivity index (χ2v) is 12.7. The molecule has 1 aliphatic heterocycles. The first-order chi connectivity index (χ1) is 18.7. The fraction of sp³-hybridized carbons (Fsp3) is 0.357. The Kier molecular flexibility index (Phi) is 9.47. The number of amides is 3. The van der Waals surface area contributed by atoms with Gasteiger partial charge in [0, 0.05) is 29.9 Å². The van der Waals surface area contributed by atoms with Gasteiger partial charge in [-0.25, -0.2) is 4.98 Å². The lowest BCUT2D eigenvalue weighted by atomic mass is 10.0. The number of carbonyl (C=O) groups is 3. The minimum Gasteiger partial charge on any atom is -0.496 e. The predicted molar refractivity (Wildman–Crippen MR) is 157 cm³/mol. The largest absolute Gasteiger partial charge is 0.496 e. The monoisotopic (exact) mass is 584 g/mol. The number of ether oxygens (including phenoxy) is 1. The lowest BCUT2D eigenvalue weighted by Crippen LogP contribution is -2.47. The van der Waals surface area contributed by atoms with Crippen molar-refractivity contribution >= 4 is 57.3 Å². The van der Waals surface area contributed by atoms with E-state index in [0.29, 0.717) is 48.1 Å². The van der Waals surface area contributed by atoms with Crippen LogP contribution in [-0.2, 0) is 4.79 Å². The Balaban J connectivity index is 1.55. The van der Waals surface area contributed by atoms with Crippen LogP contribution < -0.4 is 10.1 Å². The van der Waals surface area contributed by atoms with Gasteiger partial charge in [0.15, 0.2) is 5.13 Å². The maximum Gasteiger partial charge on any atom is 0.258 e. The molecule has 0 aliphatic carbocycles. The summed E-state index contributed by atoms with van der Waals surface area (Å²) < 4.78 is 6.50. The van der Waals surface area contributed by atoms with Crippen molar-refractivity contribution in [1.29, 1.82) is 0 Å². The number of hydrogen-bond acceptors (Lipinski definition) is 8. The van der Waals surface area contributed by atoms with Gasteiger partial charge in [-0.1, -0.05) is 43.5 Å². The molecule has 3 heterocycles. The molecule has 0 radical (unpaired) electrons. The number of methoxy groups -OCH3 is 1. The number of carbonyl (C=O) groups excluding carboxylic acids is 3. The lowest BCUT2D eigenvalue weighted by molar-refractivity contribution is -0.129. The fourth-order valence-corrected chi connectivity index (χ4v) is 7.05. The molecule has 206 valence electrons. The molecule has 2 aromatic heterocycles. The molecule has 1 saturated heterocycles. The Morgan fingerprint density at radius 3 is 2.74 bits per heavy atom. The molecular formula is C28H32N4O4S3. The van der Waals surface area contributed by atoms with Gasteiger partial charge in [0.1, 0.15) is 5.75 Å². The SMILES string of the molecule is C=CC(=O)N1CCCN(C(=O)c2cc(Sc3cnc(NC(=O)c4ccsc4)s3)c(C)cc2OC)C[C@@H]1C(C)C. The van der Waals surface area contributed by atoms with Gasteiger partial charge in [-0.05, 0) is 54.5 Å². The number of aryl methyl sites for hydroxylation is 1. The van der Waals surface area contributed by atoms with E-state index in [1.54, 1.807) is 24.8 Å². The molecule has 1 N–H and O–H groups in total. The highest BCUT2D eigenvalue weighted by Gasteiger charge is 2.32. The average molecular weight is 585 g/mol. The van der Waals surface area contributed by atoms with Crippen LogP contribution in [0.5, 0.6) is 5.75 Å². The standard InChI is InChI=1S/C28H32N4O4S3/c1-6-24(33)32-10-7-9-31(15-21(32)17(2)3)27(35)20-13-23(18(4)12-22(20)36-5)38-25-14-29-28(39-25)30-26(34)19-8-11-37-16-19/h6,8,11-14,16-17,21H,1,7,9-10,15H2,2-5H3,(H,29,30,34)/t21-/m1/s1. The molecule has 8 nitrogen and oxygen atoms in total. The van der Waals surface area contributed by atoms with Gasteiger partial charge in [-0.2, -0.15) is 11.3 Å². The van der Waals surface area contributed by atoms with Crippen LogP contribution in [0, 0.1) is 12.8 Å². The number of anilines is 1. The Hall–Kier alpha value is -3.15. The van der Waals surface area contributed by atoms with Crippen LogP contribution in [0.25, 0.3) is 0 Å². The molecule has 0 spiro atoms. The number of hydrogen-bond donors (Lipinski definition) is 1. The third-order valence-corrected chi connectivity index (χ3v) is 9.43. The van der Waals surface area contributed by atoms with E-state index >= 15 is 0 Å². The van der Waals surface area contributed by atoms with E-state index in [9.17, 15) is 14.4 Å². The summed E-state index contributed by atoms with van der Waals surface area (Å²) in [6.07, 6.45) is 3.75. The third kappa shape index (κ3) is 6.71. The molecule has 1 aliphatic rings. The van der Waals surface area contributed by atoms with Gasteiger partial charge < -0.3 is 14.5 Å². The van der Waals surface area contributed by atoms with E-state index in [0.717, 1.165) is 14.7 Å². The molecule has 1 atom stereocenters. The molecule has 0 saturated carbocycles. The zero-order valence-corrected chi connectivity index (χ0v) is 24.9. The Morgan fingerprint density at radius 2 is 2.08 bits per heavy atom. The van der Waals surface area contributed by atoms with Crippen molar-refractivity contribution in [3.8, 4) is 5.75 Å². The van der Waals surface area contributed by atoms with Gasteiger partial charge in [0.25, 0.3) is 11.8 Å². The van der Waals surface area contributed by atoms with Crippen molar-refractivity contribution in [3.63, 3.8) is 0 Å². The van der Waals surface area contributed by atoms with Crippen molar-refractivity contribution in [3.05, 3.63) is 64.5 Å². The molecular weight excluding hydrogens is 553 g/mol. The van der Waals surface area contributed by atoms with Crippen molar-refractivity contribution in [2.45, 2.75) is 42.3 Å². The Morgan fingerprint density at radius 1 is 1.28 bits per heavy atom. The molecule has 39 heavy (non-hydrogen) atoms. The highest BCUT2D eigenvalue weighted by molar-refractivity contribution is 8.01. The summed E-state index contributed by atoms with van der Waals surface area (Å²) in [4.78, 5) is 47.7. The van der Waals surface area contributed by atoms with Crippen LogP contribution in [0.15, 0.2) is 56.9 Å². The highest BCUT2D eigenvalue weighted by Crippen LogP contribution is 2.38. The molecule has 1 fully saturated rings. The van der Waals surface area contributed by atoms with Crippen molar-refractivity contribution in [2.24, 2.45) is 5.92 Å². The maximum atomic E-state index is 13.9. The normalized spacial score (nSPS) is 15.7. The quantitative estimate of drug-likeness (QED) is 0.336. The maximum absolute atomic E-state index is 13.9. The summed E-state index contributed by atoms with van der Waals surface area (Å²) in [6.45, 7) is 11.3. The summed E-state index contributed by atoms with van der Waals surface area (Å²) in [6, 6.07) is 5.41. The number of aromatic nitrogens is 1. The second kappa shape index (κ2) is 12.8. The van der Waals surface area contributed by atoms with Gasteiger partial charge in [-0.15, -0.1) is 0 Å². The van der Waals surface area contributed by atoms with E-state index < -0.39 is 0 Å². The zero-order valence-electron chi connectivity index (χ0n) is 22.4. The van der Waals surface area contributed by atoms with E-state index in [2.05, 4.69) is 30.7 Å². The first-order valence-corrected chi connectivity index (χ1v) is 15.2. The lowest BCUT2D eigenvalue weighted by Gasteiger charge is -2.34. The molecule has 1 aromatic carbocycles. The van der Waals surface area contributed by atoms with Crippen molar-refractivity contribution in [1.82, 2.24) is 14.8 Å². The number of benzene rings is 1. The van der Waals surface area contributed by atoms with Crippen LogP contribution in [-0.4, -0.2) is 65.3 Å². The smallest absolute Gasteiger partial charge is 0.258 e. The van der Waals surface area contributed by atoms with Gasteiger partial charge in [-0.3, -0.25) is 19.7 Å². The van der Waals surface area contributed by atoms with Crippen LogP contribution in [0.4, 0.5) is 5.13 Å². The summed E-state index contributed by atoms with van der Waals surface area (Å²) >= 11 is 4.33. The van der Waals surface area contributed by atoms with Gasteiger partial charge in [0.05, 0.1) is 34.7 Å². The molecule has 0 bridgehead atoms. The zero-order chi connectivity index (χ0) is 28.1. The van der Waals surface area contributed by atoms with Crippen LogP contribution in [0.1, 0.15) is 46.5 Å². The third-order valence-electron chi connectivity index (χ3n) is 6.58. The number of thiazole rings is 1. The minimum atomic E-state index is -0.193. The fourth-order valence-electron chi connectivity index (χ4n) is 4.47. The number of rotatable bonds is 8. The van der Waals surface area contributed by atoms with Gasteiger partial charge >= 0.3 is 0 Å². The first-order valence-electron chi connectivity index (χ1n) is 12.6. The van der Waals surface area contributed by atoms with Gasteiger partial charge in [0.2, 0.25) is 5.91 Å². The van der Waals surface area contributed by atoms with Crippen molar-refractivity contribution in [2.75, 3.05) is 32.1 Å². The summed E-state index contributed by atoms with van der Waals surface area (Å²) in [5.74, 6) is 0.264. The van der Waals surface area contributed by atoms with Crippen molar-refractivity contribution < 1.29 is 19.1 Å². The molecule has 11 heteroatoms. The topological polar surface area (TPSA) is 91.8 Å². The summed E-state index contributed by atoms with van der Waals surface area (Å²) in [5.41, 5.74) is 2.04. The highest BCUT2D eigenvalue weighted by atomic mass is 32.2. The molecule has 0 unspecified atom stereocenters. The Bertz CT molecular complexity index is 1350. The van der Waals surface area contributed by atoms with E-state index in [1.807, 2.05) is 34.2 Å². The van der Waals surface area contributed by atoms with Crippen LogP contribution in [0.2, 0.25) is 0 Å². The predicted octanol–water partition coefficient (Wildman–Crippen LogP) is 5.81. The average Bonchev–Trinajstić information content (AvgIpc) is 3.56. The van der Waals surface area contributed by atoms with Crippen LogP contribution in [0.3, 0.4) is 0 Å². The summed E-state index contributed by atoms with van der Waals surface area (Å²) in [7, 11) is 1.56. The molecule has 3 amide bonds. The molecule has 4 rings (SSSR count). The Labute approximate surface area is 241 Å². The number of nitrogens with zero attached hydrogens (tertiary/aromatic N) is 3. The molecule has 3 aromatic rings. The summed E-state index contributed by atoms with van der Waals surface area (Å²) in [5, 5.41) is 7.00. The number of thiophene rings is 1. The second-order valence-electron chi connectivity index (χ2n) is 9.52. The van der Waals surface area contributed by atoms with E-state index in [4.69, 9.17) is 4.74 Å². The van der Waals surface area contributed by atoms with E-state index in [-0.39, 0.29) is 29.7 Å².